The van der Waals surface area contributed by atoms with E-state index in [9.17, 15) is 4.79 Å². The van der Waals surface area contributed by atoms with Crippen LogP contribution in [-0.2, 0) is 0 Å². The third kappa shape index (κ3) is 2.07. The highest BCUT2D eigenvalue weighted by atomic mass is 16.4. The first-order chi connectivity index (χ1) is 9.15. The van der Waals surface area contributed by atoms with Gasteiger partial charge in [-0.25, -0.2) is 9.78 Å². The van der Waals surface area contributed by atoms with Crippen LogP contribution in [0.4, 0.5) is 5.95 Å². The van der Waals surface area contributed by atoms with Crippen molar-refractivity contribution in [3.63, 3.8) is 0 Å². The molecule has 2 N–H and O–H groups in total. The number of hydrogen-bond acceptors (Lipinski definition) is 3. The monoisotopic (exact) mass is 257 g/mol. The van der Waals surface area contributed by atoms with Crippen molar-refractivity contribution in [2.24, 2.45) is 0 Å². The molecule has 1 unspecified atom stereocenters. The molecule has 1 aromatic carbocycles. The summed E-state index contributed by atoms with van der Waals surface area (Å²) in [7, 11) is 0. The summed E-state index contributed by atoms with van der Waals surface area (Å²) in [5.41, 5.74) is 2.49. The fraction of sp³-hybridized carbons (Fsp3) is 0.286. The van der Waals surface area contributed by atoms with Gasteiger partial charge in [0, 0.05) is 12.7 Å². The van der Waals surface area contributed by atoms with Crippen LogP contribution in [0.5, 0.6) is 0 Å². The summed E-state index contributed by atoms with van der Waals surface area (Å²) in [4.78, 5) is 15.1. The van der Waals surface area contributed by atoms with E-state index in [1.54, 1.807) is 6.20 Å². The van der Waals surface area contributed by atoms with E-state index in [4.69, 9.17) is 5.11 Å². The molecular weight excluding hydrogens is 242 g/mol. The number of nitrogens with zero attached hydrogens (tertiary/aromatic N) is 2. The van der Waals surface area contributed by atoms with Crippen LogP contribution in [0.3, 0.4) is 0 Å². The standard InChI is InChI=1S/C14H15N3O2/c1-9-2-4-10(5-3-9)12-6-7-15-14-16-11(13(18)19)8-17(12)14/h2-5,8,12H,6-7H2,1H3,(H,15,16)(H,18,19). The van der Waals surface area contributed by atoms with Gasteiger partial charge in [-0.2, -0.15) is 0 Å². The van der Waals surface area contributed by atoms with Crippen molar-refractivity contribution in [2.45, 2.75) is 19.4 Å². The maximum atomic E-state index is 11.0. The van der Waals surface area contributed by atoms with Gasteiger partial charge in [-0.1, -0.05) is 29.8 Å². The average molecular weight is 257 g/mol. The molecule has 2 heterocycles. The zero-order chi connectivity index (χ0) is 13.4. The van der Waals surface area contributed by atoms with Gasteiger partial charge < -0.3 is 15.0 Å². The number of nitrogens with one attached hydrogen (secondary N) is 1. The number of benzene rings is 1. The van der Waals surface area contributed by atoms with Crippen LogP contribution in [-0.4, -0.2) is 27.2 Å². The van der Waals surface area contributed by atoms with E-state index in [1.165, 1.54) is 11.1 Å². The summed E-state index contributed by atoms with van der Waals surface area (Å²) in [6.45, 7) is 2.85. The van der Waals surface area contributed by atoms with Crippen LogP contribution in [0.15, 0.2) is 30.5 Å². The first-order valence-electron chi connectivity index (χ1n) is 6.28. The lowest BCUT2D eigenvalue weighted by Gasteiger charge is -2.26. The summed E-state index contributed by atoms with van der Waals surface area (Å²) < 4.78 is 1.91. The van der Waals surface area contributed by atoms with E-state index >= 15 is 0 Å². The Labute approximate surface area is 110 Å². The minimum Gasteiger partial charge on any atom is -0.476 e. The van der Waals surface area contributed by atoms with Gasteiger partial charge >= 0.3 is 5.97 Å². The number of aromatic carboxylic acids is 1. The van der Waals surface area contributed by atoms with Crippen molar-refractivity contribution in [1.29, 1.82) is 0 Å². The molecule has 0 radical (unpaired) electrons. The van der Waals surface area contributed by atoms with Crippen molar-refractivity contribution in [1.82, 2.24) is 9.55 Å². The fourth-order valence-electron chi connectivity index (χ4n) is 2.44. The normalized spacial score (nSPS) is 17.6. The molecule has 0 fully saturated rings. The molecule has 0 bridgehead atoms. The Balaban J connectivity index is 2.02. The molecule has 1 aliphatic heterocycles. The second-order valence-corrected chi connectivity index (χ2v) is 4.80. The number of rotatable bonds is 2. The van der Waals surface area contributed by atoms with E-state index in [2.05, 4.69) is 41.5 Å². The van der Waals surface area contributed by atoms with E-state index in [0.717, 1.165) is 13.0 Å². The Hall–Kier alpha value is -2.30. The Morgan fingerprint density at radius 2 is 2.16 bits per heavy atom. The topological polar surface area (TPSA) is 67.2 Å². The molecule has 1 atom stereocenters. The van der Waals surface area contributed by atoms with Crippen LogP contribution in [0, 0.1) is 6.92 Å². The molecule has 0 amide bonds. The molecule has 0 saturated heterocycles. The molecular formula is C14H15N3O2. The van der Waals surface area contributed by atoms with Crippen LogP contribution in [0.1, 0.15) is 34.1 Å². The Kier molecular flexibility index (Phi) is 2.74. The zero-order valence-electron chi connectivity index (χ0n) is 10.6. The number of imidazole rings is 1. The SMILES string of the molecule is Cc1ccc(C2CCNc3nc(C(=O)O)cn32)cc1. The number of carboxylic acid groups (broad SMARTS) is 1. The van der Waals surface area contributed by atoms with Crippen molar-refractivity contribution in [3.8, 4) is 0 Å². The molecule has 5 nitrogen and oxygen atoms in total. The molecule has 1 aromatic heterocycles. The van der Waals surface area contributed by atoms with Gasteiger partial charge in [-0.15, -0.1) is 0 Å². The first-order valence-corrected chi connectivity index (χ1v) is 6.28. The van der Waals surface area contributed by atoms with Crippen LogP contribution in [0.2, 0.25) is 0 Å². The van der Waals surface area contributed by atoms with E-state index in [-0.39, 0.29) is 11.7 Å². The third-order valence-electron chi connectivity index (χ3n) is 3.45. The average Bonchev–Trinajstić information content (AvgIpc) is 2.83. The number of aromatic nitrogens is 2. The highest BCUT2D eigenvalue weighted by Gasteiger charge is 2.24. The van der Waals surface area contributed by atoms with Crippen LogP contribution >= 0.6 is 0 Å². The van der Waals surface area contributed by atoms with Gasteiger partial charge in [0.25, 0.3) is 0 Å². The van der Waals surface area contributed by atoms with Gasteiger partial charge in [-0.05, 0) is 18.9 Å². The largest absolute Gasteiger partial charge is 0.476 e. The number of carbonyl (C=O) groups is 1. The zero-order valence-corrected chi connectivity index (χ0v) is 10.6. The van der Waals surface area contributed by atoms with Crippen molar-refractivity contribution >= 4 is 11.9 Å². The summed E-state index contributed by atoms with van der Waals surface area (Å²) >= 11 is 0. The summed E-state index contributed by atoms with van der Waals surface area (Å²) in [6.07, 6.45) is 2.53. The third-order valence-corrected chi connectivity index (χ3v) is 3.45. The molecule has 3 rings (SSSR count). The fourth-order valence-corrected chi connectivity index (χ4v) is 2.44. The molecule has 1 aliphatic rings. The molecule has 0 aliphatic carbocycles. The Morgan fingerprint density at radius 1 is 1.42 bits per heavy atom. The number of carboxylic acids is 1. The number of aryl methyl sites for hydroxylation is 1. The van der Waals surface area contributed by atoms with Crippen molar-refractivity contribution in [2.75, 3.05) is 11.9 Å². The highest BCUT2D eigenvalue weighted by molar-refractivity contribution is 5.85. The molecule has 19 heavy (non-hydrogen) atoms. The Bertz CT molecular complexity index is 616. The maximum Gasteiger partial charge on any atom is 0.356 e. The van der Waals surface area contributed by atoms with Gasteiger partial charge in [-0.3, -0.25) is 0 Å². The van der Waals surface area contributed by atoms with Crippen molar-refractivity contribution < 1.29 is 9.90 Å². The van der Waals surface area contributed by atoms with E-state index in [0.29, 0.717) is 5.95 Å². The van der Waals surface area contributed by atoms with Gasteiger partial charge in [0.2, 0.25) is 5.95 Å². The van der Waals surface area contributed by atoms with E-state index in [1.807, 2.05) is 4.57 Å². The smallest absolute Gasteiger partial charge is 0.356 e. The van der Waals surface area contributed by atoms with Gasteiger partial charge in [0.15, 0.2) is 5.69 Å². The van der Waals surface area contributed by atoms with Gasteiger partial charge in [0.1, 0.15) is 0 Å². The maximum absolute atomic E-state index is 11.0. The lowest BCUT2D eigenvalue weighted by molar-refractivity contribution is 0.0691. The molecule has 98 valence electrons. The molecule has 0 saturated carbocycles. The highest BCUT2D eigenvalue weighted by Crippen LogP contribution is 2.29. The second-order valence-electron chi connectivity index (χ2n) is 4.80. The number of hydrogen-bond donors (Lipinski definition) is 2. The van der Waals surface area contributed by atoms with Crippen LogP contribution < -0.4 is 5.32 Å². The van der Waals surface area contributed by atoms with Crippen LogP contribution in [0.25, 0.3) is 0 Å². The summed E-state index contributed by atoms with van der Waals surface area (Å²) in [5.74, 6) is -0.361. The minimum atomic E-state index is -0.994. The number of fused-ring (bicyclic) bond motifs is 1. The Morgan fingerprint density at radius 3 is 2.84 bits per heavy atom. The van der Waals surface area contributed by atoms with Gasteiger partial charge in [0.05, 0.1) is 6.04 Å². The molecule has 2 aromatic rings. The van der Waals surface area contributed by atoms with E-state index < -0.39 is 5.97 Å². The number of anilines is 1. The second kappa shape index (κ2) is 4.42. The quantitative estimate of drug-likeness (QED) is 0.866. The summed E-state index contributed by atoms with van der Waals surface area (Å²) in [6, 6.07) is 8.49. The molecule has 5 heteroatoms. The first kappa shape index (κ1) is 11.8. The lowest BCUT2D eigenvalue weighted by Crippen LogP contribution is -2.23. The lowest BCUT2D eigenvalue weighted by atomic mass is 10.0. The molecule has 0 spiro atoms. The minimum absolute atomic E-state index is 0.0847. The summed E-state index contributed by atoms with van der Waals surface area (Å²) in [5, 5.41) is 12.2. The van der Waals surface area contributed by atoms with Crippen molar-refractivity contribution in [3.05, 3.63) is 47.3 Å². The predicted octanol–water partition coefficient (Wildman–Crippen LogP) is 2.29. The predicted molar refractivity (Wildman–Crippen MR) is 71.6 cm³/mol.